The number of hydrogen-bond acceptors (Lipinski definition) is 10. The Morgan fingerprint density at radius 3 is 0.891 bits per heavy atom. The van der Waals surface area contributed by atoms with E-state index in [0.29, 0.717) is 26.2 Å². The molecule has 0 bridgehead atoms. The third-order valence-corrected chi connectivity index (χ3v) is 11.5. The molecule has 0 amide bonds. The summed E-state index contributed by atoms with van der Waals surface area (Å²) in [6, 6.07) is 56.8. The molecule has 0 aromatic heterocycles. The molecule has 10 nitrogen and oxygen atoms in total. The van der Waals surface area contributed by atoms with E-state index < -0.39 is 23.4 Å². The van der Waals surface area contributed by atoms with E-state index in [4.69, 9.17) is 18.9 Å². The molecule has 1 heterocycles. The van der Waals surface area contributed by atoms with Crippen LogP contribution in [0.4, 0.5) is 0 Å². The highest BCUT2D eigenvalue weighted by Crippen LogP contribution is 2.40. The molecule has 328 valence electrons. The second-order valence-corrected chi connectivity index (χ2v) is 15.8. The van der Waals surface area contributed by atoms with Crippen molar-refractivity contribution in [3.63, 3.8) is 0 Å². The van der Waals surface area contributed by atoms with E-state index in [2.05, 4.69) is 9.80 Å². The summed E-state index contributed by atoms with van der Waals surface area (Å²) in [5, 5.41) is 0. The highest BCUT2D eigenvalue weighted by molar-refractivity contribution is 5.74. The summed E-state index contributed by atoms with van der Waals surface area (Å²) in [5.74, 6) is -1.64. The molecule has 6 aromatic carbocycles. The number of carbonyl (C=O) groups excluding carboxylic acids is 4. The molecule has 1 saturated heterocycles. The molecule has 6 aromatic rings. The van der Waals surface area contributed by atoms with Crippen molar-refractivity contribution in [2.75, 3.05) is 39.4 Å². The first kappa shape index (κ1) is 45.2. The fraction of sp³-hybridized carbons (Fsp3) is 0.259. The van der Waals surface area contributed by atoms with Crippen molar-refractivity contribution in [3.05, 3.63) is 215 Å². The molecule has 0 spiro atoms. The smallest absolute Gasteiger partial charge is 0.312 e. The van der Waals surface area contributed by atoms with E-state index in [9.17, 15) is 19.2 Å². The number of benzene rings is 6. The highest BCUT2D eigenvalue weighted by atomic mass is 16.6. The number of hydrogen-bond donors (Lipinski definition) is 0. The van der Waals surface area contributed by atoms with Gasteiger partial charge in [-0.05, 0) is 22.3 Å². The first-order valence-corrected chi connectivity index (χ1v) is 21.8. The van der Waals surface area contributed by atoms with Gasteiger partial charge in [-0.2, -0.15) is 0 Å². The molecular weight excluding hydrogens is 805 g/mol. The lowest BCUT2D eigenvalue weighted by atomic mass is 9.93. The summed E-state index contributed by atoms with van der Waals surface area (Å²) < 4.78 is 25.1. The molecule has 0 aliphatic carbocycles. The van der Waals surface area contributed by atoms with Crippen LogP contribution < -0.4 is 0 Å². The number of ether oxygens (including phenoxy) is 4. The Kier molecular flexibility index (Phi) is 15.8. The maximum absolute atomic E-state index is 14.1. The summed E-state index contributed by atoms with van der Waals surface area (Å²) in [7, 11) is 0. The lowest BCUT2D eigenvalue weighted by Crippen LogP contribution is -2.62. The second-order valence-electron chi connectivity index (χ2n) is 15.8. The number of piperazine rings is 1. The number of nitrogens with zero attached hydrogens (tertiary/aromatic N) is 2. The summed E-state index contributed by atoms with van der Waals surface area (Å²) in [6.07, 6.45) is 0.619. The van der Waals surface area contributed by atoms with Crippen molar-refractivity contribution in [2.24, 2.45) is 0 Å². The van der Waals surface area contributed by atoms with Crippen LogP contribution in [0.3, 0.4) is 0 Å². The number of carbonyl (C=O) groups is 4. The van der Waals surface area contributed by atoms with Gasteiger partial charge in [0.2, 0.25) is 0 Å². The van der Waals surface area contributed by atoms with Crippen LogP contribution in [-0.4, -0.2) is 73.1 Å². The normalized spacial score (nSPS) is 14.9. The van der Waals surface area contributed by atoms with Gasteiger partial charge in [0, 0.05) is 50.1 Å². The van der Waals surface area contributed by atoms with Gasteiger partial charge in [0.25, 0.3) is 0 Å². The van der Waals surface area contributed by atoms with Gasteiger partial charge in [0.05, 0.1) is 38.9 Å². The van der Waals surface area contributed by atoms with E-state index >= 15 is 0 Å². The monoisotopic (exact) mass is 858 g/mol. The second kappa shape index (κ2) is 22.5. The Morgan fingerprint density at radius 2 is 0.609 bits per heavy atom. The van der Waals surface area contributed by atoms with E-state index in [0.717, 1.165) is 33.4 Å². The van der Waals surface area contributed by atoms with Crippen LogP contribution in [0.1, 0.15) is 46.2 Å². The van der Waals surface area contributed by atoms with Gasteiger partial charge < -0.3 is 18.9 Å². The molecule has 0 N–H and O–H groups in total. The van der Waals surface area contributed by atoms with Gasteiger partial charge in [0.15, 0.2) is 11.4 Å². The molecule has 1 aliphatic heterocycles. The van der Waals surface area contributed by atoms with Crippen LogP contribution in [0.25, 0.3) is 0 Å². The van der Waals surface area contributed by atoms with Gasteiger partial charge in [0.1, 0.15) is 0 Å². The van der Waals surface area contributed by atoms with Gasteiger partial charge in [-0.3, -0.25) is 29.0 Å². The van der Waals surface area contributed by atoms with Crippen molar-refractivity contribution < 1.29 is 38.1 Å². The van der Waals surface area contributed by atoms with E-state index in [1.807, 2.05) is 182 Å². The average Bonchev–Trinajstić information content (AvgIpc) is 3.33. The average molecular weight is 859 g/mol. The topological polar surface area (TPSA) is 112 Å². The van der Waals surface area contributed by atoms with E-state index in [1.54, 1.807) is 0 Å². The Labute approximate surface area is 375 Å². The Hall–Kier alpha value is -6.88. The third kappa shape index (κ3) is 12.2. The summed E-state index contributed by atoms with van der Waals surface area (Å²) >= 11 is 0. The first-order chi connectivity index (χ1) is 31.3. The van der Waals surface area contributed by atoms with Crippen molar-refractivity contribution in [2.45, 2.75) is 50.0 Å². The van der Waals surface area contributed by atoms with Crippen LogP contribution in [0.2, 0.25) is 0 Å². The Morgan fingerprint density at radius 1 is 0.359 bits per heavy atom. The van der Waals surface area contributed by atoms with Gasteiger partial charge in [-0.1, -0.05) is 182 Å². The van der Waals surface area contributed by atoms with E-state index in [-0.39, 0.29) is 63.7 Å². The largest absolute Gasteiger partial charge is 0.465 e. The minimum absolute atomic E-state index is 0.0151. The quantitative estimate of drug-likeness (QED) is 0.0550. The van der Waals surface area contributed by atoms with Gasteiger partial charge >= 0.3 is 23.9 Å². The lowest BCUT2D eigenvalue weighted by Gasteiger charge is -2.51. The standard InChI is InChI=1S/C54H54N2O8/c57-49(39-43-19-7-1-8-20-43)61-37-31-53(47-27-15-5-16-28-47,63-51(59)41-45-23-11-3-12-24-45)55-33-35-56(36-34-55)54(48-29-17-6-18-30-48,64-52(60)42-46-25-13-4-14-26-46)32-38-62-50(58)40-44-21-9-2-10-22-44/h1-30H,31-42H2. The molecule has 0 radical (unpaired) electrons. The Bertz CT molecular complexity index is 2210. The molecule has 1 fully saturated rings. The molecule has 0 saturated carbocycles. The summed E-state index contributed by atoms with van der Waals surface area (Å²) in [6.45, 7) is 1.43. The molecule has 2 unspecified atom stereocenters. The maximum Gasteiger partial charge on any atom is 0.312 e. The molecule has 64 heavy (non-hydrogen) atoms. The SMILES string of the molecule is O=C(Cc1ccccc1)OCCC(OC(=O)Cc1ccccc1)(c1ccccc1)N1CCN(C(CCOC(=O)Cc2ccccc2)(OC(=O)Cc2ccccc2)c2ccccc2)CC1. The summed E-state index contributed by atoms with van der Waals surface area (Å²) in [4.78, 5) is 58.7. The van der Waals surface area contributed by atoms with Crippen molar-refractivity contribution >= 4 is 23.9 Å². The minimum atomic E-state index is -1.33. The molecular formula is C54H54N2O8. The lowest BCUT2D eigenvalue weighted by molar-refractivity contribution is -0.222. The zero-order valence-corrected chi connectivity index (χ0v) is 36.0. The van der Waals surface area contributed by atoms with Crippen LogP contribution >= 0.6 is 0 Å². The first-order valence-electron chi connectivity index (χ1n) is 21.8. The molecule has 1 aliphatic rings. The van der Waals surface area contributed by atoms with Gasteiger partial charge in [-0.25, -0.2) is 0 Å². The van der Waals surface area contributed by atoms with E-state index in [1.165, 1.54) is 0 Å². The van der Waals surface area contributed by atoms with Crippen LogP contribution in [0, 0.1) is 0 Å². The summed E-state index contributed by atoms with van der Waals surface area (Å²) in [5.41, 5.74) is 2.09. The van der Waals surface area contributed by atoms with Crippen molar-refractivity contribution in [1.82, 2.24) is 9.80 Å². The van der Waals surface area contributed by atoms with Crippen molar-refractivity contribution in [1.29, 1.82) is 0 Å². The van der Waals surface area contributed by atoms with Crippen molar-refractivity contribution in [3.8, 4) is 0 Å². The Balaban J connectivity index is 1.18. The van der Waals surface area contributed by atoms with Crippen LogP contribution in [0.15, 0.2) is 182 Å². The minimum Gasteiger partial charge on any atom is -0.465 e. The number of rotatable bonds is 20. The zero-order chi connectivity index (χ0) is 44.5. The zero-order valence-electron chi connectivity index (χ0n) is 36.0. The predicted molar refractivity (Wildman–Crippen MR) is 243 cm³/mol. The third-order valence-electron chi connectivity index (χ3n) is 11.5. The number of esters is 4. The van der Waals surface area contributed by atoms with Crippen LogP contribution in [-0.2, 0) is 75.3 Å². The molecule has 10 heteroatoms. The molecule has 7 rings (SSSR count). The molecule has 2 atom stereocenters. The predicted octanol–water partition coefficient (Wildman–Crippen LogP) is 8.23. The fourth-order valence-corrected chi connectivity index (χ4v) is 8.35. The maximum atomic E-state index is 14.1. The van der Waals surface area contributed by atoms with Gasteiger partial charge in [-0.15, -0.1) is 0 Å². The highest BCUT2D eigenvalue weighted by Gasteiger charge is 2.49. The fourth-order valence-electron chi connectivity index (χ4n) is 8.35. The van der Waals surface area contributed by atoms with Crippen LogP contribution in [0.5, 0.6) is 0 Å².